The van der Waals surface area contributed by atoms with Crippen LogP contribution in [0.25, 0.3) is 0 Å². The first-order chi connectivity index (χ1) is 6.08. The van der Waals surface area contributed by atoms with Crippen LogP contribution in [0.5, 0.6) is 0 Å². The minimum Gasteiger partial charge on any atom is -0.502 e. The molecule has 0 aliphatic carbocycles. The summed E-state index contributed by atoms with van der Waals surface area (Å²) >= 11 is 5.67. The molecule has 70 valence electrons. The molecule has 5 nitrogen and oxygen atoms in total. The number of nitrogens with zero attached hydrogens (tertiary/aromatic N) is 2. The molecule has 0 saturated carbocycles. The summed E-state index contributed by atoms with van der Waals surface area (Å²) in [7, 11) is 0. The number of hydrogen-bond acceptors (Lipinski definition) is 5. The molecule has 0 bridgehead atoms. The lowest BCUT2D eigenvalue weighted by atomic mass is 10.5. The highest BCUT2D eigenvalue weighted by atomic mass is 32.1. The molecule has 1 aromatic rings. The third kappa shape index (κ3) is 3.43. The predicted octanol–water partition coefficient (Wildman–Crippen LogP) is 0.924. The van der Waals surface area contributed by atoms with Crippen molar-refractivity contribution in [2.75, 3.05) is 5.32 Å². The SMILES string of the molecule is CC(=O)Nc1nnc(CC(O)=S)s1. The molecule has 1 aromatic heterocycles. The van der Waals surface area contributed by atoms with Gasteiger partial charge in [-0.2, -0.15) is 0 Å². The first kappa shape index (κ1) is 10.0. The fourth-order valence-electron chi connectivity index (χ4n) is 0.656. The Morgan fingerprint density at radius 1 is 1.69 bits per heavy atom. The maximum absolute atomic E-state index is 10.6. The molecule has 0 aromatic carbocycles. The van der Waals surface area contributed by atoms with E-state index in [2.05, 4.69) is 27.7 Å². The predicted molar refractivity (Wildman–Crippen MR) is 53.1 cm³/mol. The monoisotopic (exact) mass is 217 g/mol. The van der Waals surface area contributed by atoms with Crippen LogP contribution in [0.15, 0.2) is 0 Å². The molecular weight excluding hydrogens is 210 g/mol. The maximum atomic E-state index is 10.6. The van der Waals surface area contributed by atoms with Gasteiger partial charge in [0.25, 0.3) is 0 Å². The van der Waals surface area contributed by atoms with E-state index in [0.29, 0.717) is 10.1 Å². The van der Waals surface area contributed by atoms with E-state index >= 15 is 0 Å². The van der Waals surface area contributed by atoms with E-state index in [0.717, 1.165) is 0 Å². The molecule has 0 spiro atoms. The zero-order valence-corrected chi connectivity index (χ0v) is 8.41. The summed E-state index contributed by atoms with van der Waals surface area (Å²) in [4.78, 5) is 10.6. The van der Waals surface area contributed by atoms with Gasteiger partial charge in [0, 0.05) is 6.92 Å². The van der Waals surface area contributed by atoms with Crippen LogP contribution in [0.1, 0.15) is 11.9 Å². The lowest BCUT2D eigenvalue weighted by Gasteiger charge is -1.91. The van der Waals surface area contributed by atoms with Gasteiger partial charge in [0.2, 0.25) is 11.0 Å². The number of thiocarbonyl (C=S) groups is 1. The Kier molecular flexibility index (Phi) is 3.26. The smallest absolute Gasteiger partial charge is 0.223 e. The summed E-state index contributed by atoms with van der Waals surface area (Å²) in [6.07, 6.45) is 0.201. The lowest BCUT2D eigenvalue weighted by molar-refractivity contribution is -0.114. The zero-order chi connectivity index (χ0) is 9.84. The third-order valence-electron chi connectivity index (χ3n) is 1.05. The highest BCUT2D eigenvalue weighted by Gasteiger charge is 2.06. The van der Waals surface area contributed by atoms with E-state index in [4.69, 9.17) is 5.11 Å². The second-order valence-electron chi connectivity index (χ2n) is 2.25. The number of hydrogen-bond donors (Lipinski definition) is 2. The Morgan fingerprint density at radius 3 is 2.92 bits per heavy atom. The molecule has 0 saturated heterocycles. The number of nitrogens with one attached hydrogen (secondary N) is 1. The van der Waals surface area contributed by atoms with Crippen molar-refractivity contribution in [3.8, 4) is 0 Å². The fraction of sp³-hybridized carbons (Fsp3) is 0.333. The van der Waals surface area contributed by atoms with Crippen molar-refractivity contribution in [1.29, 1.82) is 0 Å². The second kappa shape index (κ2) is 4.24. The van der Waals surface area contributed by atoms with Gasteiger partial charge in [-0.25, -0.2) is 0 Å². The minimum absolute atomic E-state index is 0.134. The van der Waals surface area contributed by atoms with Crippen molar-refractivity contribution in [1.82, 2.24) is 10.2 Å². The van der Waals surface area contributed by atoms with Gasteiger partial charge in [0.1, 0.15) is 5.01 Å². The number of carbonyl (C=O) groups excluding carboxylic acids is 1. The number of rotatable bonds is 3. The Balaban J connectivity index is 2.63. The molecular formula is C6H7N3O2S2. The van der Waals surface area contributed by atoms with Crippen LogP contribution in [-0.4, -0.2) is 26.3 Å². The van der Waals surface area contributed by atoms with E-state index in [1.54, 1.807) is 0 Å². The molecule has 1 heterocycles. The molecule has 1 amide bonds. The van der Waals surface area contributed by atoms with Crippen molar-refractivity contribution in [3.05, 3.63) is 5.01 Å². The molecule has 0 unspecified atom stereocenters. The van der Waals surface area contributed by atoms with Crippen molar-refractivity contribution < 1.29 is 9.90 Å². The third-order valence-corrected chi connectivity index (χ3v) is 2.04. The number of anilines is 1. The first-order valence-electron chi connectivity index (χ1n) is 3.39. The molecule has 0 radical (unpaired) electrons. The Labute approximate surface area is 83.8 Å². The van der Waals surface area contributed by atoms with Crippen molar-refractivity contribution in [3.63, 3.8) is 0 Å². The maximum Gasteiger partial charge on any atom is 0.223 e. The van der Waals surface area contributed by atoms with Crippen molar-refractivity contribution >= 4 is 39.6 Å². The van der Waals surface area contributed by atoms with Crippen molar-refractivity contribution in [2.24, 2.45) is 0 Å². The topological polar surface area (TPSA) is 75.1 Å². The van der Waals surface area contributed by atoms with Gasteiger partial charge >= 0.3 is 0 Å². The van der Waals surface area contributed by atoms with Gasteiger partial charge in [-0.1, -0.05) is 11.3 Å². The quantitative estimate of drug-likeness (QED) is 0.736. The Morgan fingerprint density at radius 2 is 2.38 bits per heavy atom. The van der Waals surface area contributed by atoms with Crippen LogP contribution >= 0.6 is 23.6 Å². The van der Waals surface area contributed by atoms with Crippen LogP contribution in [0.4, 0.5) is 5.13 Å². The van der Waals surface area contributed by atoms with E-state index in [1.165, 1.54) is 18.3 Å². The number of carbonyl (C=O) groups is 1. The van der Waals surface area contributed by atoms with Crippen molar-refractivity contribution in [2.45, 2.75) is 13.3 Å². The number of amides is 1. The normalized spacial score (nSPS) is 9.62. The summed E-state index contributed by atoms with van der Waals surface area (Å²) < 4.78 is 0. The molecule has 1 rings (SSSR count). The molecule has 0 aliphatic heterocycles. The first-order valence-corrected chi connectivity index (χ1v) is 4.62. The number of aliphatic hydroxyl groups is 1. The van der Waals surface area contributed by atoms with Crippen LogP contribution in [0.2, 0.25) is 0 Å². The van der Waals surface area contributed by atoms with Crippen LogP contribution in [0.3, 0.4) is 0 Å². The van der Waals surface area contributed by atoms with Gasteiger partial charge in [-0.05, 0) is 12.2 Å². The Hall–Kier alpha value is -1.08. The highest BCUT2D eigenvalue weighted by Crippen LogP contribution is 2.15. The summed E-state index contributed by atoms with van der Waals surface area (Å²) in [5, 5.41) is 19.5. The van der Waals surface area contributed by atoms with E-state index < -0.39 is 0 Å². The van der Waals surface area contributed by atoms with Gasteiger partial charge in [0.15, 0.2) is 5.05 Å². The average Bonchev–Trinajstić information content (AvgIpc) is 2.33. The van der Waals surface area contributed by atoms with E-state index in [9.17, 15) is 4.79 Å². The summed E-state index contributed by atoms with van der Waals surface area (Å²) in [5.41, 5.74) is 0. The van der Waals surface area contributed by atoms with E-state index in [-0.39, 0.29) is 17.4 Å². The molecule has 7 heteroatoms. The van der Waals surface area contributed by atoms with Crippen LogP contribution < -0.4 is 5.32 Å². The lowest BCUT2D eigenvalue weighted by Crippen LogP contribution is -2.04. The molecule has 0 aliphatic rings. The van der Waals surface area contributed by atoms with Gasteiger partial charge in [-0.3, -0.25) is 4.79 Å². The van der Waals surface area contributed by atoms with E-state index in [1.807, 2.05) is 0 Å². The largest absolute Gasteiger partial charge is 0.502 e. The van der Waals surface area contributed by atoms with Crippen LogP contribution in [0, 0.1) is 0 Å². The Bertz CT molecular complexity index is 306. The average molecular weight is 217 g/mol. The highest BCUT2D eigenvalue weighted by molar-refractivity contribution is 7.80. The molecule has 13 heavy (non-hydrogen) atoms. The second-order valence-corrected chi connectivity index (χ2v) is 3.79. The fourth-order valence-corrected chi connectivity index (χ4v) is 1.67. The van der Waals surface area contributed by atoms with Gasteiger partial charge < -0.3 is 10.4 Å². The summed E-state index contributed by atoms with van der Waals surface area (Å²) in [5.74, 6) is -0.200. The minimum atomic E-state index is -0.200. The molecule has 0 fully saturated rings. The summed E-state index contributed by atoms with van der Waals surface area (Å²) in [6.45, 7) is 1.39. The molecule has 0 atom stereocenters. The van der Waals surface area contributed by atoms with Gasteiger partial charge in [-0.15, -0.1) is 10.2 Å². The molecule has 2 N–H and O–H groups in total. The zero-order valence-electron chi connectivity index (χ0n) is 6.77. The summed E-state index contributed by atoms with van der Waals surface area (Å²) in [6, 6.07) is 0. The number of aromatic nitrogens is 2. The van der Waals surface area contributed by atoms with Gasteiger partial charge in [0.05, 0.1) is 6.42 Å². The number of aliphatic hydroxyl groups excluding tert-OH is 1. The van der Waals surface area contributed by atoms with Crippen LogP contribution in [-0.2, 0) is 11.2 Å². The standard InChI is InChI=1S/C6H7N3O2S2/c1-3(10)7-6-9-8-4(13-6)2-5(11)12/h2H2,1H3,(H,11,12)(H,7,9,10).